The molecule has 0 saturated carbocycles. The van der Waals surface area contributed by atoms with Gasteiger partial charge in [0.15, 0.2) is 6.61 Å². The molecule has 1 atom stereocenters. The van der Waals surface area contributed by atoms with E-state index >= 15 is 0 Å². The molecular formula is C17H24N2O3. The number of ether oxygens (including phenoxy) is 1. The predicted octanol–water partition coefficient (Wildman–Crippen LogP) is 1.97. The lowest BCUT2D eigenvalue weighted by atomic mass is 10.00. The van der Waals surface area contributed by atoms with Gasteiger partial charge in [-0.15, -0.1) is 0 Å². The Morgan fingerprint density at radius 2 is 2.05 bits per heavy atom. The molecule has 1 aliphatic rings. The van der Waals surface area contributed by atoms with E-state index in [0.717, 1.165) is 25.8 Å². The maximum atomic E-state index is 12.2. The maximum Gasteiger partial charge on any atom is 0.258 e. The zero-order chi connectivity index (χ0) is 15.8. The van der Waals surface area contributed by atoms with Crippen molar-refractivity contribution in [3.8, 4) is 5.75 Å². The fourth-order valence-electron chi connectivity index (χ4n) is 2.75. The summed E-state index contributed by atoms with van der Waals surface area (Å²) >= 11 is 0. The van der Waals surface area contributed by atoms with Crippen LogP contribution in [0.3, 0.4) is 0 Å². The molecule has 5 nitrogen and oxygen atoms in total. The normalized spacial score (nSPS) is 17.9. The van der Waals surface area contributed by atoms with E-state index in [9.17, 15) is 9.59 Å². The second kappa shape index (κ2) is 8.41. The molecule has 120 valence electrons. The van der Waals surface area contributed by atoms with Gasteiger partial charge in [-0.2, -0.15) is 0 Å². The number of benzene rings is 1. The highest BCUT2D eigenvalue weighted by Gasteiger charge is 2.25. The number of likely N-dealkylation sites (tertiary alicyclic amines) is 1. The summed E-state index contributed by atoms with van der Waals surface area (Å²) in [5.74, 6) is 0.368. The van der Waals surface area contributed by atoms with Gasteiger partial charge >= 0.3 is 0 Å². The Hall–Kier alpha value is -2.04. The van der Waals surface area contributed by atoms with Gasteiger partial charge in [-0.25, -0.2) is 0 Å². The van der Waals surface area contributed by atoms with Crippen LogP contribution in [0, 0.1) is 0 Å². The Kier molecular flexibility index (Phi) is 6.25. The summed E-state index contributed by atoms with van der Waals surface area (Å²) in [6.07, 6.45) is 4.26. The van der Waals surface area contributed by atoms with Crippen LogP contribution in [0.25, 0.3) is 0 Å². The first-order valence-electron chi connectivity index (χ1n) is 7.94. The van der Waals surface area contributed by atoms with Crippen LogP contribution in [0.5, 0.6) is 5.75 Å². The second-order valence-electron chi connectivity index (χ2n) is 5.52. The fourth-order valence-corrected chi connectivity index (χ4v) is 2.75. The molecule has 2 amide bonds. The van der Waals surface area contributed by atoms with Crippen LogP contribution < -0.4 is 10.1 Å². The molecule has 1 aromatic rings. The van der Waals surface area contributed by atoms with Crippen molar-refractivity contribution in [2.24, 2.45) is 0 Å². The molecule has 1 heterocycles. The van der Waals surface area contributed by atoms with Gasteiger partial charge in [-0.3, -0.25) is 9.59 Å². The molecule has 1 N–H and O–H groups in total. The van der Waals surface area contributed by atoms with E-state index in [0.29, 0.717) is 11.8 Å². The van der Waals surface area contributed by atoms with Crippen LogP contribution in [0.1, 0.15) is 32.6 Å². The van der Waals surface area contributed by atoms with Crippen molar-refractivity contribution in [3.05, 3.63) is 30.3 Å². The molecule has 0 spiro atoms. The molecule has 1 fully saturated rings. The third-order valence-corrected chi connectivity index (χ3v) is 3.97. The van der Waals surface area contributed by atoms with Gasteiger partial charge in [0.05, 0.1) is 6.54 Å². The Morgan fingerprint density at radius 1 is 1.27 bits per heavy atom. The molecule has 0 radical (unpaired) electrons. The maximum absolute atomic E-state index is 12.2. The summed E-state index contributed by atoms with van der Waals surface area (Å²) < 4.78 is 5.35. The summed E-state index contributed by atoms with van der Waals surface area (Å²) in [6.45, 7) is 2.87. The Balaban J connectivity index is 1.72. The van der Waals surface area contributed by atoms with Crippen LogP contribution >= 0.6 is 0 Å². The van der Waals surface area contributed by atoms with Crippen LogP contribution in [0.15, 0.2) is 30.3 Å². The molecule has 22 heavy (non-hydrogen) atoms. The summed E-state index contributed by atoms with van der Waals surface area (Å²) in [4.78, 5) is 25.9. The first-order valence-corrected chi connectivity index (χ1v) is 7.94. The van der Waals surface area contributed by atoms with Gasteiger partial charge < -0.3 is 15.0 Å². The van der Waals surface area contributed by atoms with Gasteiger partial charge in [0.1, 0.15) is 5.75 Å². The Morgan fingerprint density at radius 3 is 2.77 bits per heavy atom. The van der Waals surface area contributed by atoms with Crippen molar-refractivity contribution in [2.45, 2.75) is 38.6 Å². The molecule has 0 aromatic heterocycles. The van der Waals surface area contributed by atoms with E-state index in [1.807, 2.05) is 23.1 Å². The molecule has 1 saturated heterocycles. The number of amides is 2. The van der Waals surface area contributed by atoms with Gasteiger partial charge in [0.2, 0.25) is 5.91 Å². The second-order valence-corrected chi connectivity index (χ2v) is 5.52. The third kappa shape index (κ3) is 4.76. The molecule has 0 bridgehead atoms. The highest BCUT2D eigenvalue weighted by Crippen LogP contribution is 2.19. The van der Waals surface area contributed by atoms with Gasteiger partial charge in [0.25, 0.3) is 5.91 Å². The SMILES string of the molecule is CCC1CCCCN1C(=O)CNC(=O)COc1ccccc1. The third-order valence-electron chi connectivity index (χ3n) is 3.97. The van der Waals surface area contributed by atoms with Crippen molar-refractivity contribution in [1.82, 2.24) is 10.2 Å². The summed E-state index contributed by atoms with van der Waals surface area (Å²) in [5, 5.41) is 2.64. The molecule has 1 aliphatic heterocycles. The smallest absolute Gasteiger partial charge is 0.258 e. The molecule has 1 unspecified atom stereocenters. The number of hydrogen-bond donors (Lipinski definition) is 1. The molecular weight excluding hydrogens is 280 g/mol. The van der Waals surface area contributed by atoms with E-state index < -0.39 is 0 Å². The lowest BCUT2D eigenvalue weighted by Crippen LogP contribution is -2.48. The standard InChI is InChI=1S/C17H24N2O3/c1-2-14-8-6-7-11-19(14)17(21)12-18-16(20)13-22-15-9-4-3-5-10-15/h3-5,9-10,14H,2,6-8,11-13H2,1H3,(H,18,20). The number of rotatable bonds is 6. The lowest BCUT2D eigenvalue weighted by Gasteiger charge is -2.35. The zero-order valence-corrected chi connectivity index (χ0v) is 13.1. The molecule has 1 aromatic carbocycles. The van der Waals surface area contributed by atoms with Crippen molar-refractivity contribution >= 4 is 11.8 Å². The molecule has 5 heteroatoms. The van der Waals surface area contributed by atoms with Crippen molar-refractivity contribution in [2.75, 3.05) is 19.7 Å². The first kappa shape index (κ1) is 16.3. The minimum atomic E-state index is -0.276. The first-order chi connectivity index (χ1) is 10.7. The molecule has 0 aliphatic carbocycles. The zero-order valence-electron chi connectivity index (χ0n) is 13.1. The van der Waals surface area contributed by atoms with Gasteiger partial charge in [0, 0.05) is 12.6 Å². The summed E-state index contributed by atoms with van der Waals surface area (Å²) in [5.41, 5.74) is 0. The Bertz CT molecular complexity index is 490. The molecule has 2 rings (SSSR count). The van der Waals surface area contributed by atoms with Crippen molar-refractivity contribution in [1.29, 1.82) is 0 Å². The van der Waals surface area contributed by atoms with E-state index in [2.05, 4.69) is 12.2 Å². The van der Waals surface area contributed by atoms with Gasteiger partial charge in [-0.1, -0.05) is 25.1 Å². The average molecular weight is 304 g/mol. The topological polar surface area (TPSA) is 58.6 Å². The minimum absolute atomic E-state index is 0.000360. The highest BCUT2D eigenvalue weighted by atomic mass is 16.5. The number of nitrogens with zero attached hydrogens (tertiary/aromatic N) is 1. The number of carbonyl (C=O) groups is 2. The summed E-state index contributed by atoms with van der Waals surface area (Å²) in [6, 6.07) is 9.47. The lowest BCUT2D eigenvalue weighted by molar-refractivity contribution is -0.136. The minimum Gasteiger partial charge on any atom is -0.484 e. The number of hydrogen-bond acceptors (Lipinski definition) is 3. The van der Waals surface area contributed by atoms with E-state index in [4.69, 9.17) is 4.74 Å². The van der Waals surface area contributed by atoms with E-state index in [1.165, 1.54) is 6.42 Å². The number of piperidine rings is 1. The quantitative estimate of drug-likeness (QED) is 0.874. The number of nitrogens with one attached hydrogen (secondary N) is 1. The van der Waals surface area contributed by atoms with E-state index in [-0.39, 0.29) is 25.0 Å². The number of carbonyl (C=O) groups excluding carboxylic acids is 2. The summed E-state index contributed by atoms with van der Waals surface area (Å²) in [7, 11) is 0. The van der Waals surface area contributed by atoms with Crippen LogP contribution in [-0.4, -0.2) is 42.5 Å². The van der Waals surface area contributed by atoms with Crippen LogP contribution in [-0.2, 0) is 9.59 Å². The van der Waals surface area contributed by atoms with Gasteiger partial charge in [-0.05, 0) is 37.8 Å². The van der Waals surface area contributed by atoms with Crippen LogP contribution in [0.2, 0.25) is 0 Å². The fraction of sp³-hybridized carbons (Fsp3) is 0.529. The average Bonchev–Trinajstić information content (AvgIpc) is 2.58. The largest absolute Gasteiger partial charge is 0.484 e. The number of para-hydroxylation sites is 1. The highest BCUT2D eigenvalue weighted by molar-refractivity contribution is 5.85. The van der Waals surface area contributed by atoms with Crippen molar-refractivity contribution < 1.29 is 14.3 Å². The van der Waals surface area contributed by atoms with Crippen molar-refractivity contribution in [3.63, 3.8) is 0 Å². The monoisotopic (exact) mass is 304 g/mol. The van der Waals surface area contributed by atoms with Crippen LogP contribution in [0.4, 0.5) is 0 Å². The van der Waals surface area contributed by atoms with E-state index in [1.54, 1.807) is 12.1 Å². The Labute approximate surface area is 131 Å². The predicted molar refractivity (Wildman–Crippen MR) is 84.6 cm³/mol.